The highest BCUT2D eigenvalue weighted by atomic mass is 19.4. The molecule has 0 atom stereocenters. The zero-order valence-corrected chi connectivity index (χ0v) is 14.7. The SMILES string of the molecule is O=C1CCCN(c2ccc(C(F)(F)F)cc2)c2ccc(NCCCO)cc21. The number of aliphatic hydroxyl groups is 1. The first-order valence-electron chi connectivity index (χ1n) is 8.87. The second kappa shape index (κ2) is 8.00. The van der Waals surface area contributed by atoms with Crippen LogP contribution in [-0.2, 0) is 6.18 Å². The Labute approximate surface area is 155 Å². The van der Waals surface area contributed by atoms with Crippen LogP contribution >= 0.6 is 0 Å². The minimum Gasteiger partial charge on any atom is -0.396 e. The number of alkyl halides is 3. The molecule has 4 nitrogen and oxygen atoms in total. The van der Waals surface area contributed by atoms with Crippen LogP contribution in [0.1, 0.15) is 35.2 Å². The van der Waals surface area contributed by atoms with Gasteiger partial charge < -0.3 is 15.3 Å². The van der Waals surface area contributed by atoms with Gasteiger partial charge in [0.25, 0.3) is 0 Å². The second-order valence-electron chi connectivity index (χ2n) is 6.46. The molecule has 2 N–H and O–H groups in total. The fourth-order valence-electron chi connectivity index (χ4n) is 3.17. The van der Waals surface area contributed by atoms with Crippen molar-refractivity contribution in [1.29, 1.82) is 0 Å². The summed E-state index contributed by atoms with van der Waals surface area (Å²) < 4.78 is 38.4. The van der Waals surface area contributed by atoms with E-state index in [2.05, 4.69) is 5.32 Å². The molecule has 3 rings (SSSR count). The van der Waals surface area contributed by atoms with Gasteiger partial charge in [-0.25, -0.2) is 0 Å². The van der Waals surface area contributed by atoms with Crippen LogP contribution in [0.2, 0.25) is 0 Å². The summed E-state index contributed by atoms with van der Waals surface area (Å²) in [4.78, 5) is 14.4. The summed E-state index contributed by atoms with van der Waals surface area (Å²) in [5.41, 5.74) is 1.97. The number of benzene rings is 2. The van der Waals surface area contributed by atoms with Gasteiger partial charge in [0.05, 0.1) is 11.3 Å². The van der Waals surface area contributed by atoms with Gasteiger partial charge in [-0.2, -0.15) is 13.2 Å². The van der Waals surface area contributed by atoms with Gasteiger partial charge in [0, 0.05) is 43.1 Å². The quantitative estimate of drug-likeness (QED) is 0.746. The van der Waals surface area contributed by atoms with Crippen molar-refractivity contribution in [1.82, 2.24) is 0 Å². The molecule has 0 aliphatic carbocycles. The Kier molecular flexibility index (Phi) is 5.70. The standard InChI is InChI=1S/C20H21F3N2O2/c21-20(22,23)14-4-7-16(8-5-14)25-11-1-3-19(27)17-13-15(6-9-18(17)25)24-10-2-12-26/h4-9,13,24,26H,1-3,10-12H2. The fraction of sp³-hybridized carbons (Fsp3) is 0.350. The maximum Gasteiger partial charge on any atom is 0.416 e. The topological polar surface area (TPSA) is 52.6 Å². The molecular weight excluding hydrogens is 357 g/mol. The first-order chi connectivity index (χ1) is 12.9. The number of nitrogens with one attached hydrogen (secondary N) is 1. The van der Waals surface area contributed by atoms with Crippen LogP contribution in [-0.4, -0.2) is 30.6 Å². The zero-order valence-electron chi connectivity index (χ0n) is 14.7. The van der Waals surface area contributed by atoms with Crippen molar-refractivity contribution in [2.45, 2.75) is 25.4 Å². The normalized spacial score (nSPS) is 14.7. The number of aliphatic hydroxyl groups excluding tert-OH is 1. The van der Waals surface area contributed by atoms with E-state index < -0.39 is 11.7 Å². The summed E-state index contributed by atoms with van der Waals surface area (Å²) >= 11 is 0. The van der Waals surface area contributed by atoms with Crippen molar-refractivity contribution in [3.63, 3.8) is 0 Å². The lowest BCUT2D eigenvalue weighted by atomic mass is 10.0. The highest BCUT2D eigenvalue weighted by molar-refractivity contribution is 6.03. The summed E-state index contributed by atoms with van der Waals surface area (Å²) in [6.07, 6.45) is -2.75. The molecule has 0 saturated heterocycles. The van der Waals surface area contributed by atoms with Crippen molar-refractivity contribution in [3.05, 3.63) is 53.6 Å². The van der Waals surface area contributed by atoms with Crippen molar-refractivity contribution < 1.29 is 23.1 Å². The average Bonchev–Trinajstić information content (AvgIpc) is 2.80. The number of Topliss-reactive ketones (excluding diaryl/α,β-unsaturated/α-hetero) is 1. The van der Waals surface area contributed by atoms with Crippen molar-refractivity contribution in [2.24, 2.45) is 0 Å². The van der Waals surface area contributed by atoms with Crippen LogP contribution < -0.4 is 10.2 Å². The molecule has 144 valence electrons. The molecule has 2 aromatic carbocycles. The third-order valence-corrected chi connectivity index (χ3v) is 4.54. The first-order valence-corrected chi connectivity index (χ1v) is 8.87. The van der Waals surface area contributed by atoms with E-state index in [0.717, 1.165) is 17.8 Å². The molecule has 0 unspecified atom stereocenters. The van der Waals surface area contributed by atoms with E-state index in [9.17, 15) is 18.0 Å². The highest BCUT2D eigenvalue weighted by Gasteiger charge is 2.30. The summed E-state index contributed by atoms with van der Waals surface area (Å²) in [5.74, 6) is 0.0187. The van der Waals surface area contributed by atoms with E-state index in [4.69, 9.17) is 5.11 Å². The van der Waals surface area contributed by atoms with Gasteiger partial charge in [-0.05, 0) is 55.3 Å². The van der Waals surface area contributed by atoms with Crippen molar-refractivity contribution >= 4 is 22.8 Å². The minimum absolute atomic E-state index is 0.0187. The average molecular weight is 378 g/mol. The highest BCUT2D eigenvalue weighted by Crippen LogP contribution is 2.36. The van der Waals surface area contributed by atoms with E-state index in [-0.39, 0.29) is 12.4 Å². The molecule has 7 heteroatoms. The molecular formula is C20H21F3N2O2. The summed E-state index contributed by atoms with van der Waals surface area (Å²) in [5, 5.41) is 12.0. The number of rotatable bonds is 5. The minimum atomic E-state index is -4.37. The molecule has 0 spiro atoms. The molecule has 1 aliphatic heterocycles. The van der Waals surface area contributed by atoms with E-state index in [0.29, 0.717) is 49.3 Å². The monoisotopic (exact) mass is 378 g/mol. The van der Waals surface area contributed by atoms with Gasteiger partial charge in [-0.15, -0.1) is 0 Å². The van der Waals surface area contributed by atoms with Crippen LogP contribution in [0.3, 0.4) is 0 Å². The van der Waals surface area contributed by atoms with E-state index >= 15 is 0 Å². The Bertz CT molecular complexity index is 804. The van der Waals surface area contributed by atoms with Crippen LogP contribution in [0, 0.1) is 0 Å². The first kappa shape index (κ1) is 19.2. The maximum atomic E-state index is 12.8. The van der Waals surface area contributed by atoms with Gasteiger partial charge in [0.2, 0.25) is 0 Å². The third-order valence-electron chi connectivity index (χ3n) is 4.54. The molecule has 0 amide bonds. The van der Waals surface area contributed by atoms with Crippen molar-refractivity contribution in [3.8, 4) is 0 Å². The number of carbonyl (C=O) groups is 1. The predicted octanol–water partition coefficient (Wildman–Crippen LogP) is 4.61. The predicted molar refractivity (Wildman–Crippen MR) is 98.6 cm³/mol. The molecule has 27 heavy (non-hydrogen) atoms. The Morgan fingerprint density at radius 2 is 1.85 bits per heavy atom. The van der Waals surface area contributed by atoms with Gasteiger partial charge in [-0.1, -0.05) is 0 Å². The molecule has 1 aliphatic rings. The molecule has 0 fully saturated rings. The number of carbonyl (C=O) groups excluding carboxylic acids is 1. The van der Waals surface area contributed by atoms with E-state index in [1.54, 1.807) is 6.07 Å². The van der Waals surface area contributed by atoms with Crippen LogP contribution in [0.15, 0.2) is 42.5 Å². The van der Waals surface area contributed by atoms with Gasteiger partial charge in [0.1, 0.15) is 0 Å². The number of anilines is 3. The number of ketones is 1. The molecule has 2 aromatic rings. The van der Waals surface area contributed by atoms with Crippen LogP contribution in [0.5, 0.6) is 0 Å². The number of nitrogens with zero attached hydrogens (tertiary/aromatic N) is 1. The van der Waals surface area contributed by atoms with Crippen LogP contribution in [0.25, 0.3) is 0 Å². The molecule has 1 heterocycles. The zero-order chi connectivity index (χ0) is 19.4. The lowest BCUT2D eigenvalue weighted by molar-refractivity contribution is -0.137. The lowest BCUT2D eigenvalue weighted by Gasteiger charge is -2.25. The number of halogens is 3. The second-order valence-corrected chi connectivity index (χ2v) is 6.46. The van der Waals surface area contributed by atoms with Crippen molar-refractivity contribution in [2.75, 3.05) is 29.9 Å². The summed E-state index contributed by atoms with van der Waals surface area (Å²) in [6, 6.07) is 10.4. The van der Waals surface area contributed by atoms with Gasteiger partial charge >= 0.3 is 6.18 Å². The summed E-state index contributed by atoms with van der Waals surface area (Å²) in [6.45, 7) is 1.23. The number of fused-ring (bicyclic) bond motifs is 1. The fourth-order valence-corrected chi connectivity index (χ4v) is 3.17. The third kappa shape index (κ3) is 4.42. The molecule has 0 saturated carbocycles. The Hall–Kier alpha value is -2.54. The Morgan fingerprint density at radius 1 is 1.11 bits per heavy atom. The van der Waals surface area contributed by atoms with E-state index in [1.807, 2.05) is 17.0 Å². The number of hydrogen-bond donors (Lipinski definition) is 2. The molecule has 0 radical (unpaired) electrons. The van der Waals surface area contributed by atoms with Gasteiger partial charge in [0.15, 0.2) is 5.78 Å². The van der Waals surface area contributed by atoms with E-state index in [1.165, 1.54) is 12.1 Å². The largest absolute Gasteiger partial charge is 0.416 e. The Morgan fingerprint density at radius 3 is 2.52 bits per heavy atom. The van der Waals surface area contributed by atoms with Gasteiger partial charge in [-0.3, -0.25) is 4.79 Å². The maximum absolute atomic E-state index is 12.8. The number of hydrogen-bond acceptors (Lipinski definition) is 4. The molecule has 0 aromatic heterocycles. The van der Waals surface area contributed by atoms with Crippen LogP contribution in [0.4, 0.5) is 30.2 Å². The Balaban J connectivity index is 1.92. The molecule has 0 bridgehead atoms. The smallest absolute Gasteiger partial charge is 0.396 e. The lowest BCUT2D eigenvalue weighted by Crippen LogP contribution is -2.18. The summed E-state index contributed by atoms with van der Waals surface area (Å²) in [7, 11) is 0.